The average molecular weight is 520 g/mol. The Morgan fingerprint density at radius 2 is 1.44 bits per heavy atom. The largest absolute Gasteiger partial charge is 0.222 e. The molecule has 0 spiro atoms. The Morgan fingerprint density at radius 3 is 2.06 bits per heavy atom. The third-order valence-corrected chi connectivity index (χ3v) is 7.32. The Morgan fingerprint density at radius 1 is 0.812 bits per heavy atom. The molecule has 0 saturated carbocycles. The number of benzene rings is 2. The molecule has 1 aliphatic rings. The van der Waals surface area contributed by atoms with Crippen LogP contribution in [0.1, 0.15) is 24.8 Å². The van der Waals surface area contributed by atoms with E-state index in [0.29, 0.717) is 0 Å². The molecule has 8 heteroatoms. The van der Waals surface area contributed by atoms with Crippen LogP contribution in [0.15, 0.2) is 71.7 Å². The molecule has 4 rings (SSSR count). The second kappa shape index (κ2) is 11.7. The molecule has 0 aliphatic carbocycles. The van der Waals surface area contributed by atoms with Gasteiger partial charge < -0.3 is 0 Å². The fourth-order valence-electron chi connectivity index (χ4n) is 3.40. The van der Waals surface area contributed by atoms with Gasteiger partial charge in [-0.2, -0.15) is 0 Å². The van der Waals surface area contributed by atoms with Crippen molar-refractivity contribution >= 4 is 20.8 Å². The Kier molecular flexibility index (Phi) is 8.96. The van der Waals surface area contributed by atoms with Crippen LogP contribution in [0, 0.1) is 17.2 Å². The minimum absolute atomic E-state index is 0.196. The monoisotopic (exact) mass is 520 g/mol. The summed E-state index contributed by atoms with van der Waals surface area (Å²) in [5.74, 6) is 0. The summed E-state index contributed by atoms with van der Waals surface area (Å²) < 4.78 is 39.0. The van der Waals surface area contributed by atoms with Gasteiger partial charge in [0, 0.05) is 0 Å². The van der Waals surface area contributed by atoms with Crippen molar-refractivity contribution in [3.8, 4) is 21.1 Å². The van der Waals surface area contributed by atoms with E-state index in [-0.39, 0.29) is 14.5 Å². The molecule has 0 N–H and O–H groups in total. The van der Waals surface area contributed by atoms with Gasteiger partial charge in [0.2, 0.25) is 0 Å². The third kappa shape index (κ3) is 8.11. The van der Waals surface area contributed by atoms with Gasteiger partial charge in [-0.25, -0.2) is 18.6 Å². The van der Waals surface area contributed by atoms with Crippen LogP contribution in [0.5, 0.6) is 0 Å². The topological polar surface area (TPSA) is 108 Å². The standard InChI is InChI=1S/C24H25N2Se.ClHO4/c1-19-10-12-21(13-11-19)23-15-14-22(20-8-4-2-5-9-20)24(27-23)25-18-26-16-6-3-7-17-26;2-1(3,4)5/h2,4-5,8-15,18H,3,6-7,16-17H2,1H3;(H,2,3,4,5)/q+1;/p-1. The molecule has 0 amide bonds. The predicted molar refractivity (Wildman–Crippen MR) is 114 cm³/mol. The molecule has 0 bridgehead atoms. The normalized spacial score (nSPS) is 14.5. The second-order valence-corrected chi connectivity index (χ2v) is 10.4. The zero-order valence-corrected chi connectivity index (χ0v) is 20.2. The first-order chi connectivity index (χ1) is 15.3. The summed E-state index contributed by atoms with van der Waals surface area (Å²) in [5.41, 5.74) is 5.13. The Bertz CT molecular complexity index is 1090. The maximum atomic E-state index is 8.49. The number of hydrogen-bond acceptors (Lipinski definition) is 4. The van der Waals surface area contributed by atoms with Crippen LogP contribution < -0.4 is 22.9 Å². The molecule has 0 radical (unpaired) electrons. The first-order valence-electron chi connectivity index (χ1n) is 10.3. The molecule has 0 atom stereocenters. The van der Waals surface area contributed by atoms with E-state index in [0.717, 1.165) is 13.1 Å². The van der Waals surface area contributed by atoms with E-state index < -0.39 is 10.2 Å². The summed E-state index contributed by atoms with van der Waals surface area (Å²) in [7, 11) is -4.94. The molecule has 1 aliphatic heterocycles. The molecule has 6 nitrogen and oxygen atoms in total. The molecule has 3 aromatic rings. The molecular weight excluding hydrogens is 495 g/mol. The van der Waals surface area contributed by atoms with Gasteiger partial charge in [0.05, 0.1) is 0 Å². The maximum Gasteiger partial charge on any atom is -0.112 e. The van der Waals surface area contributed by atoms with Crippen LogP contribution in [0.2, 0.25) is 0 Å². The molecule has 2 aromatic carbocycles. The van der Waals surface area contributed by atoms with Crippen molar-refractivity contribution in [2.45, 2.75) is 26.2 Å². The van der Waals surface area contributed by atoms with E-state index in [4.69, 9.17) is 23.6 Å². The third-order valence-electron chi connectivity index (χ3n) is 4.99. The number of nitrogens with zero attached hydrogens (tertiary/aromatic N) is 2. The maximum absolute atomic E-state index is 8.49. The zero-order valence-electron chi connectivity index (χ0n) is 17.8. The minimum atomic E-state index is -4.94. The number of piperidine rings is 1. The summed E-state index contributed by atoms with van der Waals surface area (Å²) in [6.07, 6.45) is 6.00. The smallest absolute Gasteiger partial charge is 0.112 e. The molecular formula is C24H25ClN2O4Se. The van der Waals surface area contributed by atoms with Crippen molar-refractivity contribution in [2.75, 3.05) is 13.1 Å². The molecule has 1 saturated heterocycles. The first kappa shape index (κ1) is 24.5. The predicted octanol–water partition coefficient (Wildman–Crippen LogP) is -0.245. The molecule has 168 valence electrons. The van der Waals surface area contributed by atoms with Gasteiger partial charge in [-0.3, -0.25) is 0 Å². The summed E-state index contributed by atoms with van der Waals surface area (Å²) in [4.78, 5) is 4.99. The van der Waals surface area contributed by atoms with E-state index in [2.05, 4.69) is 84.6 Å². The van der Waals surface area contributed by atoms with Gasteiger partial charge in [-0.05, 0) is 0 Å². The zero-order chi connectivity index (χ0) is 23.0. The van der Waals surface area contributed by atoms with Crippen molar-refractivity contribution in [3.05, 3.63) is 76.5 Å². The van der Waals surface area contributed by atoms with Crippen LogP contribution in [-0.4, -0.2) is 38.5 Å². The van der Waals surface area contributed by atoms with Gasteiger partial charge in [0.15, 0.2) is 0 Å². The number of halogens is 1. The Labute approximate surface area is 196 Å². The SMILES string of the molecule is Cc1ccc(-c2ccc(-c3ccccc3)c(=NC=[N+]3CCCCC3)[se]2)cc1.[O-][Cl+3]([O-])([O-])[O-]. The summed E-state index contributed by atoms with van der Waals surface area (Å²) in [5, 5.41) is 0. The van der Waals surface area contributed by atoms with E-state index >= 15 is 0 Å². The van der Waals surface area contributed by atoms with E-state index in [9.17, 15) is 0 Å². The van der Waals surface area contributed by atoms with Crippen molar-refractivity contribution in [3.63, 3.8) is 0 Å². The number of hydrogen-bond donors (Lipinski definition) is 0. The van der Waals surface area contributed by atoms with Crippen molar-refractivity contribution in [1.29, 1.82) is 0 Å². The van der Waals surface area contributed by atoms with Gasteiger partial charge in [0.1, 0.15) is 0 Å². The minimum Gasteiger partial charge on any atom is -0.222 e. The van der Waals surface area contributed by atoms with Gasteiger partial charge in [0.25, 0.3) is 0 Å². The van der Waals surface area contributed by atoms with Gasteiger partial charge in [-0.1, -0.05) is 0 Å². The molecule has 32 heavy (non-hydrogen) atoms. The summed E-state index contributed by atoms with van der Waals surface area (Å²) in [6, 6.07) is 24.0. The van der Waals surface area contributed by atoms with Gasteiger partial charge >= 0.3 is 167 Å². The second-order valence-electron chi connectivity index (χ2n) is 7.47. The molecule has 1 aromatic heterocycles. The Balaban J connectivity index is 0.000000523. The quantitative estimate of drug-likeness (QED) is 0.270. The van der Waals surface area contributed by atoms with Crippen LogP contribution in [-0.2, 0) is 0 Å². The van der Waals surface area contributed by atoms with Crippen LogP contribution in [0.4, 0.5) is 0 Å². The summed E-state index contributed by atoms with van der Waals surface area (Å²) in [6.45, 7) is 4.40. The van der Waals surface area contributed by atoms with Crippen molar-refractivity contribution < 1.29 is 33.5 Å². The molecule has 1 fully saturated rings. The van der Waals surface area contributed by atoms with Gasteiger partial charge in [-0.15, -0.1) is 10.2 Å². The van der Waals surface area contributed by atoms with Crippen molar-refractivity contribution in [2.24, 2.45) is 4.99 Å². The van der Waals surface area contributed by atoms with Crippen molar-refractivity contribution in [1.82, 2.24) is 0 Å². The first-order valence-corrected chi connectivity index (χ1v) is 13.2. The number of aryl methyl sites for hydroxylation is 1. The van der Waals surface area contributed by atoms with E-state index in [1.54, 1.807) is 0 Å². The van der Waals surface area contributed by atoms with Crippen LogP contribution in [0.3, 0.4) is 0 Å². The number of rotatable bonds is 3. The molecule has 0 unspecified atom stereocenters. The van der Waals surface area contributed by atoms with E-state index in [1.165, 1.54) is 50.2 Å². The fourth-order valence-corrected chi connectivity index (χ4v) is 5.48. The van der Waals surface area contributed by atoms with Crippen LogP contribution in [0.25, 0.3) is 21.1 Å². The fraction of sp³-hybridized carbons (Fsp3) is 0.250. The summed E-state index contributed by atoms with van der Waals surface area (Å²) >= 11 is 0.196. The Hall–Kier alpha value is -2.09. The molecule has 2 heterocycles. The van der Waals surface area contributed by atoms with Crippen LogP contribution >= 0.6 is 0 Å². The average Bonchev–Trinajstić information content (AvgIpc) is 2.78. The van der Waals surface area contributed by atoms with E-state index in [1.807, 2.05) is 0 Å².